The molecule has 0 spiro atoms. The molecule has 2 saturated carbocycles. The van der Waals surface area contributed by atoms with Gasteiger partial charge in [-0.25, -0.2) is 0 Å². The molecule has 1 aromatic carbocycles. The number of carbonyl (C=O) groups is 1. The molecule has 3 rings (SSSR count). The molecule has 4 heteroatoms. The summed E-state index contributed by atoms with van der Waals surface area (Å²) >= 11 is 0. The SMILES string of the molecule is COc1cc(CC(=O)N[C@H]2CC[C@H](/C=C\C3CC3)CC2)ccc1O. The molecule has 0 atom stereocenters. The van der Waals surface area contributed by atoms with Crippen molar-refractivity contribution in [2.45, 2.75) is 51.0 Å². The summed E-state index contributed by atoms with van der Waals surface area (Å²) < 4.78 is 5.08. The van der Waals surface area contributed by atoms with Crippen LogP contribution in [0.15, 0.2) is 30.4 Å². The number of allylic oxidation sites excluding steroid dienone is 2. The van der Waals surface area contributed by atoms with E-state index in [4.69, 9.17) is 4.74 Å². The number of nitrogens with one attached hydrogen (secondary N) is 1. The van der Waals surface area contributed by atoms with E-state index in [0.29, 0.717) is 24.1 Å². The van der Waals surface area contributed by atoms with E-state index < -0.39 is 0 Å². The quantitative estimate of drug-likeness (QED) is 0.784. The highest BCUT2D eigenvalue weighted by Crippen LogP contribution is 2.32. The Morgan fingerprint density at radius 3 is 2.38 bits per heavy atom. The van der Waals surface area contributed by atoms with Crippen molar-refractivity contribution >= 4 is 5.91 Å². The minimum atomic E-state index is 0.0414. The largest absolute Gasteiger partial charge is 0.504 e. The first-order valence-electron chi connectivity index (χ1n) is 8.97. The predicted octanol–water partition coefficient (Wildman–Crippen LogP) is 3.58. The molecule has 0 aliphatic heterocycles. The Kier molecular flexibility index (Phi) is 5.44. The van der Waals surface area contributed by atoms with Gasteiger partial charge in [0.05, 0.1) is 13.5 Å². The van der Waals surface area contributed by atoms with Crippen molar-refractivity contribution in [1.29, 1.82) is 0 Å². The zero-order chi connectivity index (χ0) is 16.9. The first kappa shape index (κ1) is 16.9. The number of ether oxygens (including phenoxy) is 1. The maximum Gasteiger partial charge on any atom is 0.224 e. The lowest BCUT2D eigenvalue weighted by Gasteiger charge is -2.27. The van der Waals surface area contributed by atoms with Gasteiger partial charge in [-0.1, -0.05) is 18.2 Å². The molecular weight excluding hydrogens is 302 g/mol. The normalized spacial score (nSPS) is 24.0. The smallest absolute Gasteiger partial charge is 0.224 e. The Labute approximate surface area is 143 Å². The molecule has 0 saturated heterocycles. The summed E-state index contributed by atoms with van der Waals surface area (Å²) in [6.45, 7) is 0. The zero-order valence-corrected chi connectivity index (χ0v) is 14.3. The third kappa shape index (κ3) is 4.76. The highest BCUT2D eigenvalue weighted by Gasteiger charge is 2.23. The summed E-state index contributed by atoms with van der Waals surface area (Å²) in [6, 6.07) is 5.34. The molecule has 2 fully saturated rings. The summed E-state index contributed by atoms with van der Waals surface area (Å²) in [5.74, 6) is 2.09. The summed E-state index contributed by atoms with van der Waals surface area (Å²) in [5.41, 5.74) is 0.850. The second-order valence-corrected chi connectivity index (χ2v) is 7.08. The van der Waals surface area contributed by atoms with Crippen LogP contribution in [0.3, 0.4) is 0 Å². The fourth-order valence-corrected chi connectivity index (χ4v) is 3.36. The second kappa shape index (κ2) is 7.73. The fourth-order valence-electron chi connectivity index (χ4n) is 3.36. The Morgan fingerprint density at radius 2 is 1.79 bits per heavy atom. The second-order valence-electron chi connectivity index (χ2n) is 7.08. The van der Waals surface area contributed by atoms with Gasteiger partial charge in [-0.3, -0.25) is 4.79 Å². The van der Waals surface area contributed by atoms with Crippen molar-refractivity contribution in [2.24, 2.45) is 11.8 Å². The van der Waals surface area contributed by atoms with E-state index >= 15 is 0 Å². The van der Waals surface area contributed by atoms with Crippen LogP contribution in [0.25, 0.3) is 0 Å². The molecular formula is C20H27NO3. The van der Waals surface area contributed by atoms with Crippen molar-refractivity contribution in [3.63, 3.8) is 0 Å². The van der Waals surface area contributed by atoms with Crippen LogP contribution in [-0.2, 0) is 11.2 Å². The van der Waals surface area contributed by atoms with Crippen LogP contribution >= 0.6 is 0 Å². The fraction of sp³-hybridized carbons (Fsp3) is 0.550. The van der Waals surface area contributed by atoms with Crippen LogP contribution in [0.5, 0.6) is 11.5 Å². The number of hydrogen-bond donors (Lipinski definition) is 2. The molecule has 2 aliphatic carbocycles. The Hall–Kier alpha value is -1.97. The molecule has 130 valence electrons. The van der Waals surface area contributed by atoms with Crippen LogP contribution in [0.1, 0.15) is 44.1 Å². The van der Waals surface area contributed by atoms with Gasteiger partial charge in [0.1, 0.15) is 0 Å². The van der Waals surface area contributed by atoms with Crippen molar-refractivity contribution in [2.75, 3.05) is 7.11 Å². The van der Waals surface area contributed by atoms with Gasteiger partial charge in [-0.05, 0) is 68.1 Å². The monoisotopic (exact) mass is 329 g/mol. The Morgan fingerprint density at radius 1 is 1.17 bits per heavy atom. The lowest BCUT2D eigenvalue weighted by atomic mass is 9.85. The van der Waals surface area contributed by atoms with Gasteiger partial charge in [0.2, 0.25) is 5.91 Å². The topological polar surface area (TPSA) is 58.6 Å². The van der Waals surface area contributed by atoms with Gasteiger partial charge in [0.15, 0.2) is 11.5 Å². The molecule has 0 bridgehead atoms. The number of carbonyl (C=O) groups excluding carboxylic acids is 1. The Balaban J connectivity index is 1.44. The molecule has 2 N–H and O–H groups in total. The number of phenolic OH excluding ortho intramolecular Hbond substituents is 1. The van der Waals surface area contributed by atoms with Crippen LogP contribution in [-0.4, -0.2) is 24.2 Å². The number of aromatic hydroxyl groups is 1. The van der Waals surface area contributed by atoms with Crippen molar-refractivity contribution in [3.8, 4) is 11.5 Å². The van der Waals surface area contributed by atoms with Crippen LogP contribution < -0.4 is 10.1 Å². The van der Waals surface area contributed by atoms with Crippen LogP contribution in [0, 0.1) is 11.8 Å². The number of amides is 1. The first-order chi connectivity index (χ1) is 11.6. The highest BCUT2D eigenvalue weighted by molar-refractivity contribution is 5.79. The van der Waals surface area contributed by atoms with Gasteiger partial charge in [0, 0.05) is 6.04 Å². The number of phenols is 1. The predicted molar refractivity (Wildman–Crippen MR) is 94.1 cm³/mol. The number of rotatable bonds is 6. The van der Waals surface area contributed by atoms with Gasteiger partial charge < -0.3 is 15.2 Å². The molecule has 4 nitrogen and oxygen atoms in total. The lowest BCUT2D eigenvalue weighted by Crippen LogP contribution is -2.38. The molecule has 24 heavy (non-hydrogen) atoms. The van der Waals surface area contributed by atoms with Crippen LogP contribution in [0.2, 0.25) is 0 Å². The van der Waals surface area contributed by atoms with Gasteiger partial charge in [-0.2, -0.15) is 0 Å². The number of benzene rings is 1. The third-order valence-corrected chi connectivity index (χ3v) is 5.02. The number of methoxy groups -OCH3 is 1. The lowest BCUT2D eigenvalue weighted by molar-refractivity contribution is -0.121. The van der Waals surface area contributed by atoms with Crippen molar-refractivity contribution in [1.82, 2.24) is 5.32 Å². The Bertz CT molecular complexity index is 599. The summed E-state index contributed by atoms with van der Waals surface area (Å²) in [5, 5.41) is 12.8. The third-order valence-electron chi connectivity index (χ3n) is 5.02. The molecule has 0 heterocycles. The number of hydrogen-bond acceptors (Lipinski definition) is 3. The van der Waals surface area contributed by atoms with E-state index in [2.05, 4.69) is 17.5 Å². The molecule has 2 aliphatic rings. The zero-order valence-electron chi connectivity index (χ0n) is 14.3. The average Bonchev–Trinajstić information content (AvgIpc) is 3.40. The summed E-state index contributed by atoms with van der Waals surface area (Å²) in [4.78, 5) is 12.2. The van der Waals surface area contributed by atoms with E-state index in [1.807, 2.05) is 0 Å². The van der Waals surface area contributed by atoms with E-state index in [0.717, 1.165) is 24.3 Å². The van der Waals surface area contributed by atoms with Crippen LogP contribution in [0.4, 0.5) is 0 Å². The van der Waals surface area contributed by atoms with E-state index in [1.165, 1.54) is 32.8 Å². The maximum atomic E-state index is 12.2. The van der Waals surface area contributed by atoms with E-state index in [-0.39, 0.29) is 11.7 Å². The molecule has 1 amide bonds. The summed E-state index contributed by atoms with van der Waals surface area (Å²) in [7, 11) is 1.51. The molecule has 0 unspecified atom stereocenters. The maximum absolute atomic E-state index is 12.2. The minimum Gasteiger partial charge on any atom is -0.504 e. The summed E-state index contributed by atoms with van der Waals surface area (Å²) in [6.07, 6.45) is 12.3. The standard InChI is InChI=1S/C20H27NO3/c1-24-19-12-16(8-11-18(19)22)13-20(23)21-17-9-6-15(7-10-17)5-4-14-2-3-14/h4-5,8,11-12,14-15,17,22H,2-3,6-7,9-10,13H2,1H3,(H,21,23)/b5-4-/t15-,17-. The molecule has 0 aromatic heterocycles. The highest BCUT2D eigenvalue weighted by atomic mass is 16.5. The molecule has 0 radical (unpaired) electrons. The van der Waals surface area contributed by atoms with E-state index in [9.17, 15) is 9.90 Å². The minimum absolute atomic E-state index is 0.0414. The van der Waals surface area contributed by atoms with E-state index in [1.54, 1.807) is 18.2 Å². The van der Waals surface area contributed by atoms with Crippen molar-refractivity contribution in [3.05, 3.63) is 35.9 Å². The first-order valence-corrected chi connectivity index (χ1v) is 8.97. The van der Waals surface area contributed by atoms with Gasteiger partial charge in [-0.15, -0.1) is 0 Å². The molecule has 1 aromatic rings. The van der Waals surface area contributed by atoms with Gasteiger partial charge >= 0.3 is 0 Å². The average molecular weight is 329 g/mol. The van der Waals surface area contributed by atoms with Gasteiger partial charge in [0.25, 0.3) is 0 Å². The van der Waals surface area contributed by atoms with Crippen molar-refractivity contribution < 1.29 is 14.6 Å².